The fourth-order valence-corrected chi connectivity index (χ4v) is 1.14. The normalized spacial score (nSPS) is 12.6. The molecule has 1 N–H and O–H groups in total. The molecule has 0 aliphatic heterocycles. The summed E-state index contributed by atoms with van der Waals surface area (Å²) >= 11 is 0. The zero-order valence-electron chi connectivity index (χ0n) is 10.6. The first kappa shape index (κ1) is 12.7. The van der Waals surface area contributed by atoms with Crippen molar-refractivity contribution in [3.63, 3.8) is 0 Å². The zero-order valence-corrected chi connectivity index (χ0v) is 10.6. The Morgan fingerprint density at radius 3 is 2.69 bits per heavy atom. The number of anilines is 1. The highest BCUT2D eigenvalue weighted by Gasteiger charge is 2.06. The predicted octanol–water partition coefficient (Wildman–Crippen LogP) is 1.16. The molecule has 1 unspecified atom stereocenters. The maximum absolute atomic E-state index is 5.09. The van der Waals surface area contributed by atoms with Gasteiger partial charge >= 0.3 is 0 Å². The number of nitrogens with one attached hydrogen (secondary N) is 1. The van der Waals surface area contributed by atoms with Crippen molar-refractivity contribution in [2.45, 2.75) is 19.9 Å². The second-order valence-electron chi connectivity index (χ2n) is 4.07. The largest absolute Gasteiger partial charge is 0.481 e. The summed E-state index contributed by atoms with van der Waals surface area (Å²) in [4.78, 5) is 10.7. The van der Waals surface area contributed by atoms with Crippen LogP contribution in [0, 0.1) is 6.92 Å². The number of aromatic nitrogens is 2. The number of hydrogen-bond acceptors (Lipinski definition) is 5. The lowest BCUT2D eigenvalue weighted by Gasteiger charge is -2.20. The summed E-state index contributed by atoms with van der Waals surface area (Å²) in [7, 11) is 5.70. The van der Waals surface area contributed by atoms with Gasteiger partial charge in [0.25, 0.3) is 0 Å². The molecule has 0 saturated heterocycles. The Bertz CT molecular complexity index is 341. The average Bonchev–Trinajstić information content (AvgIpc) is 2.24. The first-order valence-electron chi connectivity index (χ1n) is 5.33. The molecular formula is C11H20N4O. The fraction of sp³-hybridized carbons (Fsp3) is 0.636. The van der Waals surface area contributed by atoms with E-state index in [4.69, 9.17) is 4.74 Å². The molecule has 0 aromatic carbocycles. The summed E-state index contributed by atoms with van der Waals surface area (Å²) in [5.74, 6) is 1.21. The van der Waals surface area contributed by atoms with Crippen LogP contribution in [-0.2, 0) is 0 Å². The second kappa shape index (κ2) is 5.65. The average molecular weight is 224 g/mol. The van der Waals surface area contributed by atoms with Gasteiger partial charge in [-0.05, 0) is 27.9 Å². The summed E-state index contributed by atoms with van der Waals surface area (Å²) in [5, 5.41) is 3.20. The van der Waals surface area contributed by atoms with Crippen molar-refractivity contribution in [2.24, 2.45) is 0 Å². The molecule has 5 heteroatoms. The maximum atomic E-state index is 5.09. The lowest BCUT2D eigenvalue weighted by atomic mass is 10.3. The Balaban J connectivity index is 2.63. The third-order valence-electron chi connectivity index (χ3n) is 2.48. The number of hydrogen-bond donors (Lipinski definition) is 1. The Morgan fingerprint density at radius 2 is 2.12 bits per heavy atom. The molecule has 5 nitrogen and oxygen atoms in total. The highest BCUT2D eigenvalue weighted by atomic mass is 16.5. The van der Waals surface area contributed by atoms with E-state index >= 15 is 0 Å². The van der Waals surface area contributed by atoms with Crippen LogP contribution >= 0.6 is 0 Å². The van der Waals surface area contributed by atoms with Crippen LogP contribution in [0.25, 0.3) is 0 Å². The summed E-state index contributed by atoms with van der Waals surface area (Å²) in [6.45, 7) is 4.87. The SMILES string of the molecule is COc1cc(C)nc(NCC(C)N(C)C)n1. The quantitative estimate of drug-likeness (QED) is 0.813. The van der Waals surface area contributed by atoms with E-state index in [0.717, 1.165) is 12.2 Å². The summed E-state index contributed by atoms with van der Waals surface area (Å²) in [6, 6.07) is 2.23. The molecule has 0 fully saturated rings. The van der Waals surface area contributed by atoms with E-state index < -0.39 is 0 Å². The second-order valence-corrected chi connectivity index (χ2v) is 4.07. The molecule has 16 heavy (non-hydrogen) atoms. The van der Waals surface area contributed by atoms with Crippen LogP contribution in [0.2, 0.25) is 0 Å². The van der Waals surface area contributed by atoms with Gasteiger partial charge in [-0.15, -0.1) is 0 Å². The molecule has 0 saturated carbocycles. The Labute approximate surface area is 96.8 Å². The van der Waals surface area contributed by atoms with E-state index in [2.05, 4.69) is 27.1 Å². The van der Waals surface area contributed by atoms with Gasteiger partial charge in [-0.1, -0.05) is 0 Å². The number of rotatable bonds is 5. The van der Waals surface area contributed by atoms with Gasteiger partial charge in [-0.3, -0.25) is 0 Å². The topological polar surface area (TPSA) is 50.3 Å². The molecule has 0 amide bonds. The van der Waals surface area contributed by atoms with E-state index in [1.165, 1.54) is 0 Å². The number of aryl methyl sites for hydroxylation is 1. The van der Waals surface area contributed by atoms with Crippen LogP contribution in [0.5, 0.6) is 5.88 Å². The Hall–Kier alpha value is -1.36. The number of likely N-dealkylation sites (N-methyl/N-ethyl adjacent to an activating group) is 1. The van der Waals surface area contributed by atoms with E-state index in [1.54, 1.807) is 13.2 Å². The molecule has 0 radical (unpaired) electrons. The molecule has 90 valence electrons. The van der Waals surface area contributed by atoms with Gasteiger partial charge in [-0.25, -0.2) is 4.98 Å². The van der Waals surface area contributed by atoms with Crippen LogP contribution in [-0.4, -0.2) is 48.7 Å². The molecule has 1 heterocycles. The Kier molecular flexibility index (Phi) is 4.49. The van der Waals surface area contributed by atoms with Crippen LogP contribution in [0.3, 0.4) is 0 Å². The number of nitrogens with zero attached hydrogens (tertiary/aromatic N) is 3. The fourth-order valence-electron chi connectivity index (χ4n) is 1.14. The van der Waals surface area contributed by atoms with Crippen LogP contribution in [0.1, 0.15) is 12.6 Å². The van der Waals surface area contributed by atoms with Crippen LogP contribution in [0.4, 0.5) is 5.95 Å². The first-order valence-corrected chi connectivity index (χ1v) is 5.33. The van der Waals surface area contributed by atoms with Crippen molar-refractivity contribution in [1.29, 1.82) is 0 Å². The minimum absolute atomic E-state index is 0.426. The third kappa shape index (κ3) is 3.66. The lowest BCUT2D eigenvalue weighted by Crippen LogP contribution is -2.31. The van der Waals surface area contributed by atoms with Gasteiger partial charge < -0.3 is 15.0 Å². The zero-order chi connectivity index (χ0) is 12.1. The molecule has 0 aliphatic carbocycles. The number of methoxy groups -OCH3 is 1. The Morgan fingerprint density at radius 1 is 1.44 bits per heavy atom. The van der Waals surface area contributed by atoms with Crippen molar-refractivity contribution in [3.05, 3.63) is 11.8 Å². The summed E-state index contributed by atoms with van der Waals surface area (Å²) in [6.07, 6.45) is 0. The standard InChI is InChI=1S/C11H20N4O/c1-8-6-10(16-5)14-11(13-8)12-7-9(2)15(3)4/h6,9H,7H2,1-5H3,(H,12,13,14). The van der Waals surface area contributed by atoms with Crippen molar-refractivity contribution >= 4 is 5.95 Å². The van der Waals surface area contributed by atoms with Crippen LogP contribution in [0.15, 0.2) is 6.07 Å². The molecule has 1 aromatic heterocycles. The molecular weight excluding hydrogens is 204 g/mol. The smallest absolute Gasteiger partial charge is 0.226 e. The van der Waals surface area contributed by atoms with Crippen molar-refractivity contribution in [1.82, 2.24) is 14.9 Å². The van der Waals surface area contributed by atoms with Crippen molar-refractivity contribution in [2.75, 3.05) is 33.1 Å². The lowest BCUT2D eigenvalue weighted by molar-refractivity contribution is 0.325. The third-order valence-corrected chi connectivity index (χ3v) is 2.48. The molecule has 0 aliphatic rings. The van der Waals surface area contributed by atoms with E-state index in [0.29, 0.717) is 17.9 Å². The van der Waals surface area contributed by atoms with Gasteiger partial charge in [0.05, 0.1) is 7.11 Å². The first-order chi connectivity index (χ1) is 7.52. The molecule has 1 rings (SSSR count). The molecule has 0 bridgehead atoms. The summed E-state index contributed by atoms with van der Waals surface area (Å²) < 4.78 is 5.09. The van der Waals surface area contributed by atoms with Gasteiger partial charge in [0.1, 0.15) is 0 Å². The minimum Gasteiger partial charge on any atom is -0.481 e. The van der Waals surface area contributed by atoms with Gasteiger partial charge in [-0.2, -0.15) is 4.98 Å². The molecule has 0 spiro atoms. The highest BCUT2D eigenvalue weighted by Crippen LogP contribution is 2.11. The maximum Gasteiger partial charge on any atom is 0.226 e. The van der Waals surface area contributed by atoms with E-state index in [-0.39, 0.29) is 0 Å². The van der Waals surface area contributed by atoms with E-state index in [1.807, 2.05) is 21.0 Å². The van der Waals surface area contributed by atoms with Gasteiger partial charge in [0, 0.05) is 24.3 Å². The van der Waals surface area contributed by atoms with Gasteiger partial charge in [0.2, 0.25) is 11.8 Å². The summed E-state index contributed by atoms with van der Waals surface area (Å²) in [5.41, 5.74) is 0.895. The minimum atomic E-state index is 0.426. The van der Waals surface area contributed by atoms with Gasteiger partial charge in [0.15, 0.2) is 0 Å². The predicted molar refractivity (Wildman–Crippen MR) is 65.0 cm³/mol. The number of ether oxygens (including phenoxy) is 1. The molecule has 1 aromatic rings. The van der Waals surface area contributed by atoms with Crippen LogP contribution < -0.4 is 10.1 Å². The molecule has 1 atom stereocenters. The monoisotopic (exact) mass is 224 g/mol. The van der Waals surface area contributed by atoms with Crippen molar-refractivity contribution < 1.29 is 4.74 Å². The van der Waals surface area contributed by atoms with Crippen molar-refractivity contribution in [3.8, 4) is 5.88 Å². The van der Waals surface area contributed by atoms with E-state index in [9.17, 15) is 0 Å². The highest BCUT2D eigenvalue weighted by molar-refractivity contribution is 5.30.